The molecule has 1 aromatic heterocycles. The second kappa shape index (κ2) is 6.77. The SMILES string of the molecule is CN(CC(=O)Nc1cc(F)cc(F)c1)c1c(F)c(F)nc(F)c1F. The Labute approximate surface area is 131 Å². The van der Waals surface area contributed by atoms with Crippen LogP contribution in [0.25, 0.3) is 0 Å². The number of benzene rings is 1. The molecule has 1 heterocycles. The lowest BCUT2D eigenvalue weighted by atomic mass is 10.3. The van der Waals surface area contributed by atoms with Crippen molar-refractivity contribution in [2.75, 3.05) is 23.8 Å². The molecule has 2 aromatic rings. The third-order valence-electron chi connectivity index (χ3n) is 2.88. The van der Waals surface area contributed by atoms with E-state index < -0.39 is 53.3 Å². The minimum atomic E-state index is -1.87. The zero-order valence-electron chi connectivity index (χ0n) is 12.0. The molecule has 1 amide bonds. The van der Waals surface area contributed by atoms with Crippen molar-refractivity contribution in [1.29, 1.82) is 0 Å². The highest BCUT2D eigenvalue weighted by Gasteiger charge is 2.24. The second-order valence-corrected chi connectivity index (χ2v) is 4.73. The first kappa shape index (κ1) is 17.6. The first-order valence-electron chi connectivity index (χ1n) is 6.36. The first-order chi connectivity index (χ1) is 11.2. The molecule has 10 heteroatoms. The maximum atomic E-state index is 13.6. The molecular weight excluding hydrogens is 340 g/mol. The minimum absolute atomic E-state index is 0.237. The highest BCUT2D eigenvalue weighted by molar-refractivity contribution is 5.94. The maximum Gasteiger partial charge on any atom is 0.253 e. The Hall–Kier alpha value is -2.78. The van der Waals surface area contributed by atoms with Gasteiger partial charge in [0.1, 0.15) is 17.3 Å². The summed E-state index contributed by atoms with van der Waals surface area (Å²) >= 11 is 0. The lowest BCUT2D eigenvalue weighted by Crippen LogP contribution is -2.32. The van der Waals surface area contributed by atoms with Gasteiger partial charge in [0, 0.05) is 18.8 Å². The third-order valence-corrected chi connectivity index (χ3v) is 2.88. The van der Waals surface area contributed by atoms with E-state index in [-0.39, 0.29) is 5.69 Å². The normalized spacial score (nSPS) is 10.6. The zero-order chi connectivity index (χ0) is 18.0. The Morgan fingerprint density at radius 1 is 1.00 bits per heavy atom. The number of carbonyl (C=O) groups is 1. The molecule has 0 bridgehead atoms. The van der Waals surface area contributed by atoms with Crippen molar-refractivity contribution in [3.63, 3.8) is 0 Å². The first-order valence-corrected chi connectivity index (χ1v) is 6.36. The number of aromatic nitrogens is 1. The summed E-state index contributed by atoms with van der Waals surface area (Å²) in [6, 6.07) is 2.21. The Bertz CT molecular complexity index is 752. The molecule has 2 rings (SSSR count). The molecule has 0 radical (unpaired) electrons. The molecule has 0 aliphatic heterocycles. The van der Waals surface area contributed by atoms with Crippen LogP contribution < -0.4 is 10.2 Å². The van der Waals surface area contributed by atoms with Crippen LogP contribution in [0.1, 0.15) is 0 Å². The average molecular weight is 349 g/mol. The van der Waals surface area contributed by atoms with E-state index in [0.29, 0.717) is 11.0 Å². The van der Waals surface area contributed by atoms with Crippen molar-refractivity contribution < 1.29 is 31.1 Å². The number of hydrogen-bond acceptors (Lipinski definition) is 3. The average Bonchev–Trinajstić information content (AvgIpc) is 2.44. The minimum Gasteiger partial charge on any atom is -0.360 e. The van der Waals surface area contributed by atoms with Crippen LogP contribution >= 0.6 is 0 Å². The van der Waals surface area contributed by atoms with Crippen LogP contribution in [-0.2, 0) is 4.79 Å². The maximum absolute atomic E-state index is 13.6. The molecule has 0 aliphatic carbocycles. The predicted octanol–water partition coefficient (Wildman–Crippen LogP) is 2.99. The highest BCUT2D eigenvalue weighted by atomic mass is 19.2. The Balaban J connectivity index is 2.18. The number of halogens is 6. The van der Waals surface area contributed by atoms with Gasteiger partial charge in [-0.2, -0.15) is 22.5 Å². The molecule has 1 N–H and O–H groups in total. The number of likely N-dealkylation sites (N-methyl/N-ethyl adjacent to an activating group) is 1. The number of pyridine rings is 1. The number of anilines is 2. The van der Waals surface area contributed by atoms with Crippen LogP contribution in [-0.4, -0.2) is 24.5 Å². The number of nitrogens with one attached hydrogen (secondary N) is 1. The van der Waals surface area contributed by atoms with Crippen molar-refractivity contribution >= 4 is 17.3 Å². The van der Waals surface area contributed by atoms with E-state index in [1.165, 1.54) is 0 Å². The predicted molar refractivity (Wildman–Crippen MR) is 72.3 cm³/mol. The molecule has 0 aliphatic rings. The number of carbonyl (C=O) groups excluding carboxylic acids is 1. The summed E-state index contributed by atoms with van der Waals surface area (Å²) in [5, 5.41) is 2.08. The summed E-state index contributed by atoms with van der Waals surface area (Å²) in [5.41, 5.74) is -1.38. The molecule has 24 heavy (non-hydrogen) atoms. The molecule has 0 saturated heterocycles. The van der Waals surface area contributed by atoms with E-state index in [1.807, 2.05) is 0 Å². The van der Waals surface area contributed by atoms with Crippen LogP contribution in [0.5, 0.6) is 0 Å². The summed E-state index contributed by atoms with van der Waals surface area (Å²) in [6.45, 7) is -0.755. The van der Waals surface area contributed by atoms with Gasteiger partial charge in [0.15, 0.2) is 0 Å². The van der Waals surface area contributed by atoms with E-state index in [2.05, 4.69) is 10.3 Å². The van der Waals surface area contributed by atoms with Gasteiger partial charge in [-0.1, -0.05) is 0 Å². The van der Waals surface area contributed by atoms with Crippen molar-refractivity contribution in [3.8, 4) is 0 Å². The van der Waals surface area contributed by atoms with Crippen LogP contribution in [0.2, 0.25) is 0 Å². The molecule has 128 valence electrons. The van der Waals surface area contributed by atoms with E-state index in [0.717, 1.165) is 19.2 Å². The van der Waals surface area contributed by atoms with Crippen molar-refractivity contribution in [1.82, 2.24) is 4.98 Å². The molecule has 0 fully saturated rings. The third kappa shape index (κ3) is 3.76. The lowest BCUT2D eigenvalue weighted by Gasteiger charge is -2.20. The van der Waals surface area contributed by atoms with E-state index in [1.54, 1.807) is 0 Å². The lowest BCUT2D eigenvalue weighted by molar-refractivity contribution is -0.114. The Morgan fingerprint density at radius 2 is 1.50 bits per heavy atom. The molecule has 1 aromatic carbocycles. The fourth-order valence-corrected chi connectivity index (χ4v) is 1.93. The highest BCUT2D eigenvalue weighted by Crippen LogP contribution is 2.25. The molecular formula is C14H9F6N3O. The van der Waals surface area contributed by atoms with E-state index >= 15 is 0 Å². The summed E-state index contributed by atoms with van der Waals surface area (Å²) in [4.78, 5) is 14.7. The van der Waals surface area contributed by atoms with E-state index in [4.69, 9.17) is 0 Å². The summed E-state index contributed by atoms with van der Waals surface area (Å²) in [5.74, 6) is -10.1. The number of rotatable bonds is 4. The van der Waals surface area contributed by atoms with Gasteiger partial charge in [-0.3, -0.25) is 4.79 Å². The van der Waals surface area contributed by atoms with Crippen molar-refractivity contribution in [2.24, 2.45) is 0 Å². The summed E-state index contributed by atoms with van der Waals surface area (Å²) in [7, 11) is 0.992. The fraction of sp³-hybridized carbons (Fsp3) is 0.143. The second-order valence-electron chi connectivity index (χ2n) is 4.73. The van der Waals surface area contributed by atoms with Gasteiger partial charge in [-0.25, -0.2) is 8.78 Å². The zero-order valence-corrected chi connectivity index (χ0v) is 12.0. The van der Waals surface area contributed by atoms with Crippen LogP contribution in [0.3, 0.4) is 0 Å². The topological polar surface area (TPSA) is 45.2 Å². The van der Waals surface area contributed by atoms with Gasteiger partial charge in [-0.05, 0) is 12.1 Å². The molecule has 0 spiro atoms. The molecule has 0 atom stereocenters. The van der Waals surface area contributed by atoms with Gasteiger partial charge in [0.25, 0.3) is 11.9 Å². The van der Waals surface area contributed by atoms with Gasteiger partial charge in [-0.15, -0.1) is 0 Å². The monoisotopic (exact) mass is 349 g/mol. The summed E-state index contributed by atoms with van der Waals surface area (Å²) < 4.78 is 79.2. The van der Waals surface area contributed by atoms with Crippen LogP contribution in [0, 0.1) is 35.2 Å². The van der Waals surface area contributed by atoms with Crippen molar-refractivity contribution in [2.45, 2.75) is 0 Å². The molecule has 4 nitrogen and oxygen atoms in total. The van der Waals surface area contributed by atoms with Crippen LogP contribution in [0.15, 0.2) is 18.2 Å². The number of amides is 1. The van der Waals surface area contributed by atoms with Crippen LogP contribution in [0.4, 0.5) is 37.7 Å². The van der Waals surface area contributed by atoms with Crippen molar-refractivity contribution in [3.05, 3.63) is 53.4 Å². The Morgan fingerprint density at radius 3 is 2.00 bits per heavy atom. The Kier molecular flexibility index (Phi) is 4.96. The van der Waals surface area contributed by atoms with Gasteiger partial charge in [0.2, 0.25) is 17.5 Å². The molecule has 0 saturated carbocycles. The van der Waals surface area contributed by atoms with Gasteiger partial charge in [0.05, 0.1) is 6.54 Å². The van der Waals surface area contributed by atoms with Gasteiger partial charge >= 0.3 is 0 Å². The molecule has 0 unspecified atom stereocenters. The standard InChI is InChI=1S/C14H9F6N3O/c1-23(12-10(17)13(19)22-14(20)11(12)18)5-9(24)21-8-3-6(15)2-7(16)4-8/h2-4H,5H2,1H3,(H,21,24). The fourth-order valence-electron chi connectivity index (χ4n) is 1.93. The quantitative estimate of drug-likeness (QED) is 0.682. The van der Waals surface area contributed by atoms with E-state index in [9.17, 15) is 31.1 Å². The summed E-state index contributed by atoms with van der Waals surface area (Å²) in [6.07, 6.45) is 0. The largest absolute Gasteiger partial charge is 0.360 e. The number of hydrogen-bond donors (Lipinski definition) is 1. The smallest absolute Gasteiger partial charge is 0.253 e. The van der Waals surface area contributed by atoms with Gasteiger partial charge < -0.3 is 10.2 Å². The number of nitrogens with zero attached hydrogens (tertiary/aromatic N) is 2.